The number of rotatable bonds is 7. The van der Waals surface area contributed by atoms with Crippen molar-refractivity contribution in [3.05, 3.63) is 58.7 Å². The molecule has 0 saturated carbocycles. The molecule has 0 amide bonds. The van der Waals surface area contributed by atoms with Crippen molar-refractivity contribution in [1.29, 1.82) is 5.26 Å². The highest BCUT2D eigenvalue weighted by Gasteiger charge is 2.08. The molecule has 2 rings (SSSR count). The lowest BCUT2D eigenvalue weighted by atomic mass is 10.2. The summed E-state index contributed by atoms with van der Waals surface area (Å²) in [6.45, 7) is 0.583. The number of hydrogen-bond donors (Lipinski definition) is 1. The van der Waals surface area contributed by atoms with Crippen LogP contribution in [0.5, 0.6) is 0 Å². The lowest BCUT2D eigenvalue weighted by Gasteiger charge is -2.11. The van der Waals surface area contributed by atoms with Gasteiger partial charge in [0.2, 0.25) is 0 Å². The second-order valence-corrected chi connectivity index (χ2v) is 6.01. The van der Waals surface area contributed by atoms with Gasteiger partial charge in [-0.05, 0) is 23.8 Å². The largest absolute Gasteiger partial charge is 0.390 e. The number of aromatic nitrogens is 1. The van der Waals surface area contributed by atoms with Gasteiger partial charge in [0.05, 0.1) is 36.0 Å². The van der Waals surface area contributed by atoms with Gasteiger partial charge >= 0.3 is 0 Å². The minimum absolute atomic E-state index is 0.218. The van der Waals surface area contributed by atoms with Gasteiger partial charge < -0.3 is 9.84 Å². The van der Waals surface area contributed by atoms with Gasteiger partial charge in [-0.1, -0.05) is 29.8 Å². The molecule has 22 heavy (non-hydrogen) atoms. The zero-order valence-corrected chi connectivity index (χ0v) is 13.3. The number of nitrogens with zero attached hydrogens (tertiary/aromatic N) is 2. The van der Waals surface area contributed by atoms with Gasteiger partial charge in [0.15, 0.2) is 0 Å². The first-order valence-corrected chi connectivity index (χ1v) is 8.03. The molecule has 0 aliphatic heterocycles. The number of nitriles is 1. The van der Waals surface area contributed by atoms with E-state index in [0.29, 0.717) is 28.0 Å². The van der Waals surface area contributed by atoms with Crippen LogP contribution in [0.4, 0.5) is 0 Å². The molecule has 1 unspecified atom stereocenters. The van der Waals surface area contributed by atoms with Crippen molar-refractivity contribution >= 4 is 23.4 Å². The van der Waals surface area contributed by atoms with Crippen molar-refractivity contribution in [3.8, 4) is 6.07 Å². The molecule has 0 fully saturated rings. The molecule has 6 heteroatoms. The van der Waals surface area contributed by atoms with E-state index in [-0.39, 0.29) is 6.61 Å². The Morgan fingerprint density at radius 1 is 1.36 bits per heavy atom. The Labute approximate surface area is 138 Å². The average Bonchev–Trinajstić information content (AvgIpc) is 2.55. The van der Waals surface area contributed by atoms with Crippen LogP contribution in [0.1, 0.15) is 11.1 Å². The maximum atomic E-state index is 9.91. The molecule has 1 N–H and O–H groups in total. The fourth-order valence-corrected chi connectivity index (χ4v) is 2.70. The summed E-state index contributed by atoms with van der Waals surface area (Å²) < 4.78 is 5.48. The van der Waals surface area contributed by atoms with Gasteiger partial charge in [-0.2, -0.15) is 5.26 Å². The van der Waals surface area contributed by atoms with E-state index < -0.39 is 6.10 Å². The van der Waals surface area contributed by atoms with Gasteiger partial charge in [-0.3, -0.25) is 0 Å². The highest BCUT2D eigenvalue weighted by molar-refractivity contribution is 7.99. The predicted molar refractivity (Wildman–Crippen MR) is 86.8 cm³/mol. The fourth-order valence-electron chi connectivity index (χ4n) is 1.71. The molecule has 2 aromatic rings. The van der Waals surface area contributed by atoms with Crippen LogP contribution < -0.4 is 0 Å². The number of halogens is 1. The minimum Gasteiger partial charge on any atom is -0.390 e. The van der Waals surface area contributed by atoms with Crippen LogP contribution in [-0.2, 0) is 11.3 Å². The Balaban J connectivity index is 1.73. The second kappa shape index (κ2) is 8.76. The first kappa shape index (κ1) is 16.8. The monoisotopic (exact) mass is 334 g/mol. The number of benzene rings is 1. The van der Waals surface area contributed by atoms with E-state index in [0.717, 1.165) is 5.56 Å². The zero-order valence-electron chi connectivity index (χ0n) is 11.8. The third-order valence-corrected chi connectivity index (χ3v) is 4.25. The Kier molecular flexibility index (Phi) is 6.69. The second-order valence-electron chi connectivity index (χ2n) is 4.57. The van der Waals surface area contributed by atoms with Crippen LogP contribution in [0.25, 0.3) is 0 Å². The van der Waals surface area contributed by atoms with E-state index in [2.05, 4.69) is 11.1 Å². The van der Waals surface area contributed by atoms with Crippen LogP contribution in [0.15, 0.2) is 47.6 Å². The number of ether oxygens (including phenoxy) is 1. The van der Waals surface area contributed by atoms with Crippen LogP contribution in [0, 0.1) is 11.3 Å². The Bertz CT molecular complexity index is 661. The zero-order chi connectivity index (χ0) is 15.8. The molecule has 0 spiro atoms. The van der Waals surface area contributed by atoms with Crippen molar-refractivity contribution in [3.63, 3.8) is 0 Å². The van der Waals surface area contributed by atoms with E-state index in [1.165, 1.54) is 11.8 Å². The van der Waals surface area contributed by atoms with Crippen molar-refractivity contribution in [2.24, 2.45) is 0 Å². The lowest BCUT2D eigenvalue weighted by molar-refractivity contribution is 0.0398. The Morgan fingerprint density at radius 3 is 2.95 bits per heavy atom. The Hall–Kier alpha value is -1.58. The summed E-state index contributed by atoms with van der Waals surface area (Å²) in [6.07, 6.45) is 0.973. The molecule has 4 nitrogen and oxygen atoms in total. The normalized spacial score (nSPS) is 11.9. The van der Waals surface area contributed by atoms with Crippen LogP contribution >= 0.6 is 23.4 Å². The number of thioether (sulfide) groups is 1. The predicted octanol–water partition coefficient (Wildman–Crippen LogP) is 3.28. The van der Waals surface area contributed by atoms with Crippen molar-refractivity contribution < 1.29 is 9.84 Å². The minimum atomic E-state index is -0.611. The summed E-state index contributed by atoms with van der Waals surface area (Å²) in [5.41, 5.74) is 1.45. The summed E-state index contributed by atoms with van der Waals surface area (Å²) >= 11 is 7.42. The summed E-state index contributed by atoms with van der Waals surface area (Å²) in [5.74, 6) is 0.449. The van der Waals surface area contributed by atoms with Gasteiger partial charge in [0.25, 0.3) is 0 Å². The van der Waals surface area contributed by atoms with Crippen molar-refractivity contribution in [2.75, 3.05) is 12.4 Å². The molecular formula is C16H15ClN2O2S. The molecule has 0 aliphatic carbocycles. The molecule has 1 aromatic heterocycles. The SMILES string of the molecule is N#Cc1ccnc(SCC(O)COCc2ccccc2Cl)c1. The molecule has 0 radical (unpaired) electrons. The highest BCUT2D eigenvalue weighted by atomic mass is 35.5. The number of aliphatic hydroxyl groups is 1. The first-order valence-electron chi connectivity index (χ1n) is 6.67. The Morgan fingerprint density at radius 2 is 2.18 bits per heavy atom. The summed E-state index contributed by atoms with van der Waals surface area (Å²) in [4.78, 5) is 4.14. The fraction of sp³-hybridized carbons (Fsp3) is 0.250. The maximum absolute atomic E-state index is 9.91. The smallest absolute Gasteiger partial charge is 0.0993 e. The van der Waals surface area contributed by atoms with Crippen LogP contribution in [-0.4, -0.2) is 28.6 Å². The van der Waals surface area contributed by atoms with E-state index in [9.17, 15) is 5.11 Å². The lowest BCUT2D eigenvalue weighted by Crippen LogP contribution is -2.18. The molecule has 114 valence electrons. The molecule has 1 aromatic carbocycles. The summed E-state index contributed by atoms with van der Waals surface area (Å²) in [5, 5.41) is 20.1. The highest BCUT2D eigenvalue weighted by Crippen LogP contribution is 2.18. The number of pyridine rings is 1. The topological polar surface area (TPSA) is 66.1 Å². The molecule has 0 bridgehead atoms. The van der Waals surface area contributed by atoms with Crippen molar-refractivity contribution in [1.82, 2.24) is 4.98 Å². The average molecular weight is 335 g/mol. The molecule has 0 saturated heterocycles. The number of aliphatic hydroxyl groups excluding tert-OH is 1. The standard InChI is InChI=1S/C16H15ClN2O2S/c17-15-4-2-1-3-13(15)9-21-10-14(20)11-22-16-7-12(8-18)5-6-19-16/h1-7,14,20H,9-11H2. The molecule has 1 atom stereocenters. The van der Waals surface area contributed by atoms with Gasteiger partial charge in [-0.25, -0.2) is 4.98 Å². The van der Waals surface area contributed by atoms with Gasteiger partial charge in [0.1, 0.15) is 0 Å². The molecular weight excluding hydrogens is 320 g/mol. The maximum Gasteiger partial charge on any atom is 0.0993 e. The summed E-state index contributed by atoms with van der Waals surface area (Å²) in [7, 11) is 0. The van der Waals surface area contributed by atoms with E-state index in [4.69, 9.17) is 21.6 Å². The first-order chi connectivity index (χ1) is 10.7. The third kappa shape index (κ3) is 5.32. The van der Waals surface area contributed by atoms with Gasteiger partial charge in [-0.15, -0.1) is 11.8 Å². The van der Waals surface area contributed by atoms with E-state index in [1.54, 1.807) is 24.4 Å². The summed E-state index contributed by atoms with van der Waals surface area (Å²) in [6, 6.07) is 12.9. The van der Waals surface area contributed by atoms with E-state index >= 15 is 0 Å². The van der Waals surface area contributed by atoms with E-state index in [1.807, 2.05) is 18.2 Å². The molecule has 0 aliphatic rings. The molecule has 1 heterocycles. The quantitative estimate of drug-likeness (QED) is 0.787. The van der Waals surface area contributed by atoms with Crippen LogP contribution in [0.3, 0.4) is 0 Å². The van der Waals surface area contributed by atoms with Gasteiger partial charge in [0, 0.05) is 17.0 Å². The third-order valence-electron chi connectivity index (χ3n) is 2.81. The van der Waals surface area contributed by atoms with Crippen molar-refractivity contribution in [2.45, 2.75) is 17.7 Å². The van der Waals surface area contributed by atoms with Crippen LogP contribution in [0.2, 0.25) is 5.02 Å². The number of hydrogen-bond acceptors (Lipinski definition) is 5.